The van der Waals surface area contributed by atoms with Crippen LogP contribution >= 0.6 is 0 Å². The molecule has 0 bridgehead atoms. The van der Waals surface area contributed by atoms with E-state index in [0.717, 1.165) is 30.8 Å². The molecule has 1 heteroatoms. The average molecular weight is 272 g/mol. The van der Waals surface area contributed by atoms with E-state index in [9.17, 15) is 5.11 Å². The van der Waals surface area contributed by atoms with E-state index in [4.69, 9.17) is 0 Å². The largest absolute Gasteiger partial charge is 0.388 e. The molecule has 0 aliphatic heterocycles. The van der Waals surface area contributed by atoms with Crippen molar-refractivity contribution in [3.63, 3.8) is 0 Å². The molecular formula is C19H28O. The van der Waals surface area contributed by atoms with Crippen LogP contribution in [0.5, 0.6) is 0 Å². The third-order valence-electron chi connectivity index (χ3n) is 5.98. The molecular weight excluding hydrogens is 244 g/mol. The fourth-order valence-corrected chi connectivity index (χ4v) is 4.67. The van der Waals surface area contributed by atoms with Crippen LogP contribution in [0.1, 0.15) is 64.7 Å². The van der Waals surface area contributed by atoms with Crippen molar-refractivity contribution in [3.05, 3.63) is 35.5 Å². The Balaban J connectivity index is 1.79. The summed E-state index contributed by atoms with van der Waals surface area (Å²) in [4.78, 5) is 0. The molecule has 2 unspecified atom stereocenters. The molecule has 0 saturated heterocycles. The zero-order valence-corrected chi connectivity index (χ0v) is 12.8. The van der Waals surface area contributed by atoms with Gasteiger partial charge in [-0.3, -0.25) is 0 Å². The summed E-state index contributed by atoms with van der Waals surface area (Å²) < 4.78 is 0. The lowest BCUT2D eigenvalue weighted by atomic mass is 9.67. The molecule has 3 saturated carbocycles. The molecule has 0 radical (unpaired) electrons. The van der Waals surface area contributed by atoms with Crippen molar-refractivity contribution >= 4 is 0 Å². The lowest BCUT2D eigenvalue weighted by molar-refractivity contribution is 0.191. The Hall–Kier alpha value is -0.820. The van der Waals surface area contributed by atoms with Gasteiger partial charge in [-0.25, -0.2) is 0 Å². The lowest BCUT2D eigenvalue weighted by Gasteiger charge is -2.38. The molecule has 0 spiro atoms. The van der Waals surface area contributed by atoms with Gasteiger partial charge in [0, 0.05) is 0 Å². The van der Waals surface area contributed by atoms with Gasteiger partial charge in [-0.2, -0.15) is 0 Å². The Morgan fingerprint density at radius 1 is 1.10 bits per heavy atom. The summed E-state index contributed by atoms with van der Waals surface area (Å²) in [5, 5.41) is 9.92. The first-order chi connectivity index (χ1) is 9.60. The second-order valence-corrected chi connectivity index (χ2v) is 7.32. The topological polar surface area (TPSA) is 20.2 Å². The third kappa shape index (κ3) is 2.53. The highest BCUT2D eigenvalue weighted by Crippen LogP contribution is 2.54. The zero-order chi connectivity index (χ0) is 14.2. The normalized spacial score (nSPS) is 42.2. The van der Waals surface area contributed by atoms with Crippen LogP contribution in [0.15, 0.2) is 35.5 Å². The number of allylic oxidation sites excluding steroid dienone is 3. The second kappa shape index (κ2) is 5.52. The summed E-state index contributed by atoms with van der Waals surface area (Å²) in [7, 11) is 0. The van der Waals surface area contributed by atoms with Gasteiger partial charge in [0.1, 0.15) is 0 Å². The fraction of sp³-hybridized carbons (Fsp3) is 0.684. The highest BCUT2D eigenvalue weighted by Gasteiger charge is 2.42. The number of hydrogen-bond donors (Lipinski definition) is 1. The van der Waals surface area contributed by atoms with Gasteiger partial charge >= 0.3 is 0 Å². The predicted molar refractivity (Wildman–Crippen MR) is 84.5 cm³/mol. The van der Waals surface area contributed by atoms with Crippen LogP contribution < -0.4 is 0 Å². The Labute approximate surface area is 123 Å². The van der Waals surface area contributed by atoms with Gasteiger partial charge in [-0.05, 0) is 73.8 Å². The van der Waals surface area contributed by atoms with Gasteiger partial charge < -0.3 is 5.11 Å². The minimum atomic E-state index is -0.309. The molecule has 0 aromatic heterocycles. The first-order valence-electron chi connectivity index (χ1n) is 8.37. The summed E-state index contributed by atoms with van der Waals surface area (Å²) in [6, 6.07) is 0. The second-order valence-electron chi connectivity index (χ2n) is 7.32. The number of rotatable bonds is 1. The SMILES string of the molecule is C=C1/C(=C\C=C2/CCCC3(C)CCCC23)CCC[C@@H]1O. The molecule has 1 N–H and O–H groups in total. The van der Waals surface area contributed by atoms with E-state index in [1.54, 1.807) is 5.57 Å². The average Bonchev–Trinajstić information content (AvgIpc) is 2.82. The molecule has 0 aromatic carbocycles. The van der Waals surface area contributed by atoms with Gasteiger partial charge in [-0.15, -0.1) is 0 Å². The molecule has 0 heterocycles. The van der Waals surface area contributed by atoms with Gasteiger partial charge in [0.2, 0.25) is 0 Å². The Morgan fingerprint density at radius 2 is 1.90 bits per heavy atom. The summed E-state index contributed by atoms with van der Waals surface area (Å²) in [5.74, 6) is 0.815. The van der Waals surface area contributed by atoms with Gasteiger partial charge in [0.15, 0.2) is 0 Å². The minimum Gasteiger partial charge on any atom is -0.388 e. The molecule has 1 nitrogen and oxygen atoms in total. The predicted octanol–water partition coefficient (Wildman–Crippen LogP) is 4.93. The van der Waals surface area contributed by atoms with Crippen LogP contribution in [0.3, 0.4) is 0 Å². The first-order valence-corrected chi connectivity index (χ1v) is 8.37. The Kier molecular flexibility index (Phi) is 3.90. The molecule has 3 aliphatic carbocycles. The van der Waals surface area contributed by atoms with Crippen molar-refractivity contribution in [2.75, 3.05) is 0 Å². The molecule has 3 rings (SSSR count). The highest BCUT2D eigenvalue weighted by atomic mass is 16.3. The maximum atomic E-state index is 9.92. The van der Waals surface area contributed by atoms with Crippen molar-refractivity contribution in [1.29, 1.82) is 0 Å². The van der Waals surface area contributed by atoms with Gasteiger partial charge in [-0.1, -0.05) is 37.6 Å². The number of aliphatic hydroxyl groups excluding tert-OH is 1. The van der Waals surface area contributed by atoms with Crippen LogP contribution in [-0.4, -0.2) is 11.2 Å². The fourth-order valence-electron chi connectivity index (χ4n) is 4.67. The number of fused-ring (bicyclic) bond motifs is 1. The summed E-state index contributed by atoms with van der Waals surface area (Å²) in [6.45, 7) is 6.57. The van der Waals surface area contributed by atoms with Crippen LogP contribution in [0.2, 0.25) is 0 Å². The van der Waals surface area contributed by atoms with E-state index in [0.29, 0.717) is 5.41 Å². The Morgan fingerprint density at radius 3 is 2.75 bits per heavy atom. The van der Waals surface area contributed by atoms with Crippen LogP contribution in [-0.2, 0) is 0 Å². The molecule has 20 heavy (non-hydrogen) atoms. The summed E-state index contributed by atoms with van der Waals surface area (Å²) in [6.07, 6.45) is 15.6. The maximum absolute atomic E-state index is 9.92. The van der Waals surface area contributed by atoms with Gasteiger partial charge in [0.25, 0.3) is 0 Å². The van der Waals surface area contributed by atoms with Crippen molar-refractivity contribution in [2.45, 2.75) is 70.8 Å². The zero-order valence-electron chi connectivity index (χ0n) is 12.8. The van der Waals surface area contributed by atoms with Gasteiger partial charge in [0.05, 0.1) is 6.10 Å². The first kappa shape index (κ1) is 14.1. The van der Waals surface area contributed by atoms with E-state index in [1.807, 2.05) is 0 Å². The summed E-state index contributed by atoms with van der Waals surface area (Å²) in [5.41, 5.74) is 4.47. The van der Waals surface area contributed by atoms with Crippen LogP contribution in [0.4, 0.5) is 0 Å². The number of aliphatic hydroxyl groups is 1. The van der Waals surface area contributed by atoms with E-state index in [1.165, 1.54) is 44.1 Å². The highest BCUT2D eigenvalue weighted by molar-refractivity contribution is 5.37. The van der Waals surface area contributed by atoms with Crippen molar-refractivity contribution in [2.24, 2.45) is 11.3 Å². The third-order valence-corrected chi connectivity index (χ3v) is 5.98. The molecule has 0 aromatic rings. The summed E-state index contributed by atoms with van der Waals surface area (Å²) >= 11 is 0. The Bertz CT molecular complexity index is 456. The standard InChI is InChI=1S/C19H28O/c1-14-15(6-3-9-18(14)20)10-11-16-7-4-12-19(2)13-5-8-17(16)19/h10-11,17-18,20H,1,3-9,12-13H2,2H3/b15-10-,16-11+/t17?,18-,19?/m0/s1. The van der Waals surface area contributed by atoms with Crippen molar-refractivity contribution in [1.82, 2.24) is 0 Å². The van der Waals surface area contributed by atoms with E-state index >= 15 is 0 Å². The minimum absolute atomic E-state index is 0.309. The number of hydrogen-bond acceptors (Lipinski definition) is 1. The molecule has 3 atom stereocenters. The molecule has 3 fully saturated rings. The molecule has 110 valence electrons. The lowest BCUT2D eigenvalue weighted by Crippen LogP contribution is -2.27. The molecule has 0 amide bonds. The van der Waals surface area contributed by atoms with Crippen LogP contribution in [0.25, 0.3) is 0 Å². The van der Waals surface area contributed by atoms with Crippen molar-refractivity contribution < 1.29 is 5.11 Å². The van der Waals surface area contributed by atoms with Crippen molar-refractivity contribution in [3.8, 4) is 0 Å². The van der Waals surface area contributed by atoms with E-state index in [2.05, 4.69) is 25.7 Å². The molecule has 3 aliphatic rings. The monoisotopic (exact) mass is 272 g/mol. The maximum Gasteiger partial charge on any atom is 0.0787 e. The van der Waals surface area contributed by atoms with Crippen LogP contribution in [0, 0.1) is 11.3 Å². The quantitative estimate of drug-likeness (QED) is 0.717. The smallest absolute Gasteiger partial charge is 0.0787 e. The van der Waals surface area contributed by atoms with E-state index in [-0.39, 0.29) is 6.10 Å². The van der Waals surface area contributed by atoms with E-state index < -0.39 is 0 Å².